The molecule has 2 rings (SSSR count). The Balaban J connectivity index is 2.14. The van der Waals surface area contributed by atoms with Gasteiger partial charge in [-0.3, -0.25) is 9.59 Å². The summed E-state index contributed by atoms with van der Waals surface area (Å²) in [6, 6.07) is 1.38. The second-order valence-electron chi connectivity index (χ2n) is 6.17. The number of rotatable bonds is 5. The predicted molar refractivity (Wildman–Crippen MR) is 80.6 cm³/mol. The zero-order valence-electron chi connectivity index (χ0n) is 12.6. The van der Waals surface area contributed by atoms with Gasteiger partial charge in [0.2, 0.25) is 0 Å². The lowest BCUT2D eigenvalue weighted by Gasteiger charge is -2.33. The van der Waals surface area contributed by atoms with E-state index in [1.165, 1.54) is 6.07 Å². The molecule has 0 unspecified atom stereocenters. The lowest BCUT2D eigenvalue weighted by atomic mass is 9.74. The third-order valence-corrected chi connectivity index (χ3v) is 4.18. The first-order valence-corrected chi connectivity index (χ1v) is 7.51. The van der Waals surface area contributed by atoms with Crippen LogP contribution in [-0.4, -0.2) is 27.6 Å². The largest absolute Gasteiger partial charge is 0.481 e. The van der Waals surface area contributed by atoms with Gasteiger partial charge in [0.05, 0.1) is 5.41 Å². The molecular weight excluding hydrogens is 270 g/mol. The Hall–Kier alpha value is -1.85. The summed E-state index contributed by atoms with van der Waals surface area (Å²) in [6.45, 7) is 4.21. The Bertz CT molecular complexity index is 560. The van der Waals surface area contributed by atoms with Crippen molar-refractivity contribution in [3.05, 3.63) is 22.2 Å². The number of H-pyrrole nitrogens is 1. The maximum Gasteiger partial charge on any atom is 0.311 e. The van der Waals surface area contributed by atoms with Crippen LogP contribution in [0.5, 0.6) is 0 Å². The molecule has 6 nitrogen and oxygen atoms in total. The van der Waals surface area contributed by atoms with Gasteiger partial charge in [0.25, 0.3) is 5.56 Å². The maximum absolute atomic E-state index is 11.6. The molecule has 1 saturated carbocycles. The number of aliphatic carboxylic acids is 1. The van der Waals surface area contributed by atoms with E-state index in [1.807, 2.05) is 13.8 Å². The number of aromatic nitrogens is 2. The van der Waals surface area contributed by atoms with E-state index in [2.05, 4.69) is 15.3 Å². The summed E-state index contributed by atoms with van der Waals surface area (Å²) in [4.78, 5) is 30.3. The highest BCUT2D eigenvalue weighted by molar-refractivity contribution is 5.75. The van der Waals surface area contributed by atoms with Gasteiger partial charge in [0.15, 0.2) is 0 Å². The molecule has 0 saturated heterocycles. The first-order valence-electron chi connectivity index (χ1n) is 7.51. The van der Waals surface area contributed by atoms with Crippen LogP contribution in [0.4, 0.5) is 5.82 Å². The second-order valence-corrected chi connectivity index (χ2v) is 6.17. The molecule has 1 aliphatic rings. The standard InChI is InChI=1S/C15H23N3O3/c1-10(2)13-17-11(8-12(19)18-13)16-9-15(14(20)21)6-4-3-5-7-15/h8,10H,3-7,9H2,1-2H3,(H,20,21)(H2,16,17,18,19). The van der Waals surface area contributed by atoms with Crippen molar-refractivity contribution in [3.8, 4) is 0 Å². The quantitative estimate of drug-likeness (QED) is 0.774. The summed E-state index contributed by atoms with van der Waals surface area (Å²) in [6.07, 6.45) is 4.32. The van der Waals surface area contributed by atoms with E-state index >= 15 is 0 Å². The first-order chi connectivity index (χ1) is 9.93. The minimum atomic E-state index is -0.761. The topological polar surface area (TPSA) is 95.1 Å². The van der Waals surface area contributed by atoms with Crippen LogP contribution in [-0.2, 0) is 4.79 Å². The van der Waals surface area contributed by atoms with Crippen molar-refractivity contribution in [3.63, 3.8) is 0 Å². The average Bonchev–Trinajstić information content (AvgIpc) is 2.45. The number of aromatic amines is 1. The summed E-state index contributed by atoms with van der Waals surface area (Å²) in [5.74, 6) is 0.415. The van der Waals surface area contributed by atoms with Crippen molar-refractivity contribution in [1.29, 1.82) is 0 Å². The fraction of sp³-hybridized carbons (Fsp3) is 0.667. The molecule has 0 aromatic carbocycles. The number of carbonyl (C=O) groups is 1. The van der Waals surface area contributed by atoms with Crippen LogP contribution in [0.3, 0.4) is 0 Å². The highest BCUT2D eigenvalue weighted by Gasteiger charge is 2.39. The molecule has 0 spiro atoms. The summed E-state index contributed by atoms with van der Waals surface area (Å²) >= 11 is 0. The number of carboxylic acid groups (broad SMARTS) is 1. The van der Waals surface area contributed by atoms with Gasteiger partial charge in [-0.1, -0.05) is 33.1 Å². The lowest BCUT2D eigenvalue weighted by molar-refractivity contribution is -0.150. The van der Waals surface area contributed by atoms with Crippen LogP contribution in [0.2, 0.25) is 0 Å². The van der Waals surface area contributed by atoms with E-state index in [1.54, 1.807) is 0 Å². The van der Waals surface area contributed by atoms with Crippen LogP contribution in [0.15, 0.2) is 10.9 Å². The molecule has 1 heterocycles. The lowest BCUT2D eigenvalue weighted by Crippen LogP contribution is -2.40. The number of anilines is 1. The van der Waals surface area contributed by atoms with Crippen molar-refractivity contribution in [1.82, 2.24) is 9.97 Å². The Morgan fingerprint density at radius 2 is 2.10 bits per heavy atom. The Morgan fingerprint density at radius 1 is 1.43 bits per heavy atom. The molecule has 0 amide bonds. The van der Waals surface area contributed by atoms with Gasteiger partial charge in [-0.25, -0.2) is 4.98 Å². The van der Waals surface area contributed by atoms with Gasteiger partial charge in [0.1, 0.15) is 11.6 Å². The Kier molecular flexibility index (Phi) is 4.65. The highest BCUT2D eigenvalue weighted by Crippen LogP contribution is 2.36. The molecule has 1 aliphatic carbocycles. The van der Waals surface area contributed by atoms with E-state index in [0.717, 1.165) is 19.3 Å². The van der Waals surface area contributed by atoms with Crippen LogP contribution < -0.4 is 10.9 Å². The van der Waals surface area contributed by atoms with Crippen molar-refractivity contribution >= 4 is 11.8 Å². The van der Waals surface area contributed by atoms with Gasteiger partial charge < -0.3 is 15.4 Å². The zero-order chi connectivity index (χ0) is 15.5. The zero-order valence-corrected chi connectivity index (χ0v) is 12.6. The summed E-state index contributed by atoms with van der Waals surface area (Å²) in [5, 5.41) is 12.6. The Labute approximate surface area is 124 Å². The SMILES string of the molecule is CC(C)c1nc(NCC2(C(=O)O)CCCCC2)cc(=O)[nH]1. The normalized spacial score (nSPS) is 17.7. The molecular formula is C15H23N3O3. The van der Waals surface area contributed by atoms with E-state index in [-0.39, 0.29) is 11.5 Å². The van der Waals surface area contributed by atoms with Crippen LogP contribution in [0.25, 0.3) is 0 Å². The van der Waals surface area contributed by atoms with Gasteiger partial charge >= 0.3 is 5.97 Å². The van der Waals surface area contributed by atoms with E-state index in [4.69, 9.17) is 0 Å². The van der Waals surface area contributed by atoms with Crippen molar-refractivity contribution in [2.45, 2.75) is 51.9 Å². The number of nitrogens with zero attached hydrogens (tertiary/aromatic N) is 1. The highest BCUT2D eigenvalue weighted by atomic mass is 16.4. The fourth-order valence-electron chi connectivity index (χ4n) is 2.80. The van der Waals surface area contributed by atoms with E-state index in [0.29, 0.717) is 31.0 Å². The van der Waals surface area contributed by atoms with Crippen molar-refractivity contribution in [2.75, 3.05) is 11.9 Å². The third-order valence-electron chi connectivity index (χ3n) is 4.18. The molecule has 6 heteroatoms. The van der Waals surface area contributed by atoms with Crippen molar-refractivity contribution < 1.29 is 9.90 Å². The van der Waals surface area contributed by atoms with E-state index < -0.39 is 11.4 Å². The third kappa shape index (κ3) is 3.62. The summed E-state index contributed by atoms with van der Waals surface area (Å²) in [7, 11) is 0. The molecule has 1 aromatic rings. The van der Waals surface area contributed by atoms with Gasteiger partial charge in [-0.2, -0.15) is 0 Å². The molecule has 116 valence electrons. The van der Waals surface area contributed by atoms with Crippen LogP contribution in [0, 0.1) is 5.41 Å². The molecule has 0 bridgehead atoms. The number of carboxylic acids is 1. The molecule has 0 radical (unpaired) electrons. The summed E-state index contributed by atoms with van der Waals surface area (Å²) < 4.78 is 0. The van der Waals surface area contributed by atoms with Crippen LogP contribution >= 0.6 is 0 Å². The number of nitrogens with one attached hydrogen (secondary N) is 2. The van der Waals surface area contributed by atoms with Gasteiger partial charge in [0, 0.05) is 18.5 Å². The average molecular weight is 293 g/mol. The molecule has 21 heavy (non-hydrogen) atoms. The monoisotopic (exact) mass is 293 g/mol. The van der Waals surface area contributed by atoms with Gasteiger partial charge in [-0.15, -0.1) is 0 Å². The van der Waals surface area contributed by atoms with Crippen LogP contribution in [0.1, 0.15) is 57.7 Å². The smallest absolute Gasteiger partial charge is 0.311 e. The Morgan fingerprint density at radius 3 is 2.67 bits per heavy atom. The maximum atomic E-state index is 11.6. The first kappa shape index (κ1) is 15.5. The minimum absolute atomic E-state index is 0.113. The molecule has 0 atom stereocenters. The second kappa shape index (κ2) is 6.28. The van der Waals surface area contributed by atoms with Crippen molar-refractivity contribution in [2.24, 2.45) is 5.41 Å². The molecule has 0 aliphatic heterocycles. The number of hydrogen-bond acceptors (Lipinski definition) is 4. The van der Waals surface area contributed by atoms with E-state index in [9.17, 15) is 14.7 Å². The van der Waals surface area contributed by atoms with Gasteiger partial charge in [-0.05, 0) is 12.8 Å². The predicted octanol–water partition coefficient (Wildman–Crippen LogP) is 2.34. The molecule has 3 N–H and O–H groups in total. The minimum Gasteiger partial charge on any atom is -0.481 e. The number of hydrogen-bond donors (Lipinski definition) is 3. The molecule has 1 fully saturated rings. The molecule has 1 aromatic heterocycles. The summed E-state index contributed by atoms with van der Waals surface area (Å²) in [5.41, 5.74) is -0.954. The fourth-order valence-corrected chi connectivity index (χ4v) is 2.80.